The van der Waals surface area contributed by atoms with Gasteiger partial charge in [-0.15, -0.1) is 0 Å². The van der Waals surface area contributed by atoms with Gasteiger partial charge in [0.15, 0.2) is 0 Å². The van der Waals surface area contributed by atoms with Crippen molar-refractivity contribution < 1.29 is 4.74 Å². The van der Waals surface area contributed by atoms with Gasteiger partial charge in [-0.3, -0.25) is 4.98 Å². The van der Waals surface area contributed by atoms with Crippen LogP contribution in [0.5, 0.6) is 5.75 Å². The van der Waals surface area contributed by atoms with E-state index in [2.05, 4.69) is 23.5 Å². The average Bonchev–Trinajstić information content (AvgIpc) is 2.29. The van der Waals surface area contributed by atoms with E-state index < -0.39 is 0 Å². The largest absolute Gasteiger partial charge is 0.495 e. The Morgan fingerprint density at radius 2 is 2.33 bits per heavy atom. The Hall–Kier alpha value is -0.740. The molecule has 0 bridgehead atoms. The van der Waals surface area contributed by atoms with E-state index >= 15 is 0 Å². The maximum atomic E-state index is 5.16. The zero-order valence-electron chi connectivity index (χ0n) is 9.49. The van der Waals surface area contributed by atoms with Crippen molar-refractivity contribution >= 4 is 11.8 Å². The average molecular weight is 226 g/mol. The third-order valence-corrected chi connectivity index (χ3v) is 2.82. The molecule has 3 nitrogen and oxygen atoms in total. The number of thioether (sulfide) groups is 1. The maximum absolute atomic E-state index is 5.16. The molecule has 4 heteroatoms. The van der Waals surface area contributed by atoms with Crippen LogP contribution in [0.25, 0.3) is 0 Å². The normalized spacial score (nSPS) is 12.5. The van der Waals surface area contributed by atoms with Crippen LogP contribution in [0.1, 0.15) is 18.5 Å². The van der Waals surface area contributed by atoms with Crippen LogP contribution < -0.4 is 10.1 Å². The van der Waals surface area contributed by atoms with Gasteiger partial charge in [-0.25, -0.2) is 0 Å². The Kier molecular flexibility index (Phi) is 5.50. The van der Waals surface area contributed by atoms with E-state index in [0.29, 0.717) is 6.04 Å². The van der Waals surface area contributed by atoms with Gasteiger partial charge < -0.3 is 10.1 Å². The highest BCUT2D eigenvalue weighted by Crippen LogP contribution is 2.20. The minimum Gasteiger partial charge on any atom is -0.495 e. The summed E-state index contributed by atoms with van der Waals surface area (Å²) in [6.45, 7) is 3.07. The van der Waals surface area contributed by atoms with Crippen molar-refractivity contribution in [3.8, 4) is 5.75 Å². The molecule has 0 saturated carbocycles. The van der Waals surface area contributed by atoms with Gasteiger partial charge in [0.25, 0.3) is 0 Å². The number of methoxy groups -OCH3 is 1. The molecule has 1 atom stereocenters. The number of nitrogens with zero attached hydrogens (tertiary/aromatic N) is 1. The first-order valence-corrected chi connectivity index (χ1v) is 6.42. The molecule has 0 fully saturated rings. The summed E-state index contributed by atoms with van der Waals surface area (Å²) in [5.74, 6) is 1.86. The summed E-state index contributed by atoms with van der Waals surface area (Å²) in [4.78, 5) is 4.17. The van der Waals surface area contributed by atoms with Gasteiger partial charge in [0.2, 0.25) is 0 Å². The number of hydrogen-bond donors (Lipinski definition) is 1. The van der Waals surface area contributed by atoms with E-state index in [0.717, 1.165) is 18.0 Å². The molecule has 1 unspecified atom stereocenters. The van der Waals surface area contributed by atoms with Gasteiger partial charge in [0.1, 0.15) is 5.75 Å². The smallest absolute Gasteiger partial charge is 0.137 e. The van der Waals surface area contributed by atoms with Crippen molar-refractivity contribution in [3.63, 3.8) is 0 Å². The molecule has 0 radical (unpaired) electrons. The lowest BCUT2D eigenvalue weighted by atomic mass is 10.1. The molecule has 0 saturated heterocycles. The molecule has 0 amide bonds. The number of rotatable bonds is 6. The molecule has 0 aliphatic rings. The van der Waals surface area contributed by atoms with E-state index in [1.807, 2.05) is 24.0 Å². The molecule has 84 valence electrons. The first-order chi connectivity index (χ1) is 7.31. The van der Waals surface area contributed by atoms with Crippen LogP contribution in [-0.2, 0) is 0 Å². The number of pyridine rings is 1. The highest BCUT2D eigenvalue weighted by atomic mass is 32.2. The van der Waals surface area contributed by atoms with Crippen molar-refractivity contribution in [2.45, 2.75) is 13.0 Å². The predicted octanol–water partition coefficient (Wildman–Crippen LogP) is 2.10. The zero-order chi connectivity index (χ0) is 11.1. The van der Waals surface area contributed by atoms with Crippen molar-refractivity contribution in [1.29, 1.82) is 0 Å². The fourth-order valence-corrected chi connectivity index (χ4v) is 2.07. The monoisotopic (exact) mass is 226 g/mol. The summed E-state index contributed by atoms with van der Waals surface area (Å²) in [6.07, 6.45) is 5.73. The van der Waals surface area contributed by atoms with E-state index in [-0.39, 0.29) is 0 Å². The minimum absolute atomic E-state index is 0.354. The maximum Gasteiger partial charge on any atom is 0.137 e. The lowest BCUT2D eigenvalue weighted by molar-refractivity contribution is 0.411. The predicted molar refractivity (Wildman–Crippen MR) is 65.6 cm³/mol. The van der Waals surface area contributed by atoms with Crippen LogP contribution in [0.2, 0.25) is 0 Å². The minimum atomic E-state index is 0.354. The molecule has 1 aromatic heterocycles. The van der Waals surface area contributed by atoms with Gasteiger partial charge in [-0.05, 0) is 24.4 Å². The van der Waals surface area contributed by atoms with Crippen LogP contribution in [0.15, 0.2) is 18.5 Å². The van der Waals surface area contributed by atoms with Crippen LogP contribution in [0.4, 0.5) is 0 Å². The molecule has 1 heterocycles. The van der Waals surface area contributed by atoms with Crippen LogP contribution >= 0.6 is 11.8 Å². The van der Waals surface area contributed by atoms with E-state index in [9.17, 15) is 0 Å². The number of ether oxygens (including phenoxy) is 1. The molecule has 0 aliphatic heterocycles. The molecular weight excluding hydrogens is 208 g/mol. The van der Waals surface area contributed by atoms with Gasteiger partial charge in [0, 0.05) is 18.0 Å². The van der Waals surface area contributed by atoms with E-state index in [1.54, 1.807) is 13.3 Å². The second-order valence-corrected chi connectivity index (χ2v) is 4.13. The first-order valence-electron chi connectivity index (χ1n) is 5.03. The fourth-order valence-electron chi connectivity index (χ4n) is 1.42. The Morgan fingerprint density at radius 1 is 1.53 bits per heavy atom. The number of aromatic nitrogens is 1. The summed E-state index contributed by atoms with van der Waals surface area (Å²) in [6, 6.07) is 2.39. The van der Waals surface area contributed by atoms with Gasteiger partial charge in [-0.1, -0.05) is 6.92 Å². The van der Waals surface area contributed by atoms with Crippen molar-refractivity contribution in [3.05, 3.63) is 24.0 Å². The standard InChI is InChI=1S/C11H18N2OS/c1-4-13-11(8-15-3)9-5-10(14-2)7-12-6-9/h5-7,11,13H,4,8H2,1-3H3. The lowest BCUT2D eigenvalue weighted by Gasteiger charge is -2.17. The molecule has 15 heavy (non-hydrogen) atoms. The Morgan fingerprint density at radius 3 is 2.93 bits per heavy atom. The lowest BCUT2D eigenvalue weighted by Crippen LogP contribution is -2.23. The van der Waals surface area contributed by atoms with Crippen LogP contribution in [0.3, 0.4) is 0 Å². The Labute approximate surface area is 95.6 Å². The summed E-state index contributed by atoms with van der Waals surface area (Å²) >= 11 is 1.83. The van der Waals surface area contributed by atoms with E-state index in [1.165, 1.54) is 5.56 Å². The summed E-state index contributed by atoms with van der Waals surface area (Å²) in [7, 11) is 1.66. The highest BCUT2D eigenvalue weighted by molar-refractivity contribution is 7.98. The van der Waals surface area contributed by atoms with E-state index in [4.69, 9.17) is 4.74 Å². The van der Waals surface area contributed by atoms with Crippen molar-refractivity contribution in [2.24, 2.45) is 0 Å². The second-order valence-electron chi connectivity index (χ2n) is 3.22. The highest BCUT2D eigenvalue weighted by Gasteiger charge is 2.10. The van der Waals surface area contributed by atoms with Gasteiger partial charge in [0.05, 0.1) is 13.3 Å². The van der Waals surface area contributed by atoms with Crippen LogP contribution in [0, 0.1) is 0 Å². The molecule has 0 spiro atoms. The first kappa shape index (κ1) is 12.3. The number of hydrogen-bond acceptors (Lipinski definition) is 4. The third kappa shape index (κ3) is 3.72. The van der Waals surface area contributed by atoms with Crippen molar-refractivity contribution in [2.75, 3.05) is 25.7 Å². The quantitative estimate of drug-likeness (QED) is 0.805. The van der Waals surface area contributed by atoms with Crippen molar-refractivity contribution in [1.82, 2.24) is 10.3 Å². The Bertz CT molecular complexity index is 288. The topological polar surface area (TPSA) is 34.2 Å². The molecule has 1 rings (SSSR count). The SMILES string of the molecule is CCNC(CSC)c1cncc(OC)c1. The van der Waals surface area contributed by atoms with Gasteiger partial charge in [-0.2, -0.15) is 11.8 Å². The zero-order valence-corrected chi connectivity index (χ0v) is 10.3. The fraction of sp³-hybridized carbons (Fsp3) is 0.545. The third-order valence-electron chi connectivity index (χ3n) is 2.16. The van der Waals surface area contributed by atoms with Crippen LogP contribution in [-0.4, -0.2) is 30.6 Å². The summed E-state index contributed by atoms with van der Waals surface area (Å²) in [5, 5.41) is 3.43. The Balaban J connectivity index is 2.79. The molecule has 1 aromatic rings. The second kappa shape index (κ2) is 6.69. The molecule has 0 aromatic carbocycles. The molecule has 1 N–H and O–H groups in total. The van der Waals surface area contributed by atoms with Gasteiger partial charge >= 0.3 is 0 Å². The molecular formula is C11H18N2OS. The molecule has 0 aliphatic carbocycles. The number of nitrogens with one attached hydrogen (secondary N) is 1. The summed E-state index contributed by atoms with van der Waals surface area (Å²) in [5.41, 5.74) is 1.19. The summed E-state index contributed by atoms with van der Waals surface area (Å²) < 4.78 is 5.16.